The van der Waals surface area contributed by atoms with Crippen LogP contribution in [-0.2, 0) is 14.3 Å². The van der Waals surface area contributed by atoms with Gasteiger partial charge in [0.15, 0.2) is 0 Å². The van der Waals surface area contributed by atoms with E-state index >= 15 is 0 Å². The van der Waals surface area contributed by atoms with E-state index in [1.165, 1.54) is 0 Å². The molecular formula is C10H18N2O4. The van der Waals surface area contributed by atoms with E-state index in [4.69, 9.17) is 9.84 Å². The first-order valence-corrected chi connectivity index (χ1v) is 5.51. The highest BCUT2D eigenvalue weighted by Crippen LogP contribution is 2.06. The van der Waals surface area contributed by atoms with Gasteiger partial charge in [0.25, 0.3) is 0 Å². The highest BCUT2D eigenvalue weighted by molar-refractivity contribution is 5.81. The quantitative estimate of drug-likeness (QED) is 0.528. The lowest BCUT2D eigenvalue weighted by Crippen LogP contribution is -2.47. The Hall–Kier alpha value is -1.14. The van der Waals surface area contributed by atoms with E-state index in [1.807, 2.05) is 0 Å². The van der Waals surface area contributed by atoms with Crippen LogP contribution in [0.2, 0.25) is 0 Å². The zero-order valence-electron chi connectivity index (χ0n) is 9.20. The fourth-order valence-electron chi connectivity index (χ4n) is 1.60. The van der Waals surface area contributed by atoms with Gasteiger partial charge in [0.1, 0.15) is 6.61 Å². The molecule has 16 heavy (non-hydrogen) atoms. The van der Waals surface area contributed by atoms with Crippen LogP contribution in [0.15, 0.2) is 0 Å². The van der Waals surface area contributed by atoms with E-state index in [2.05, 4.69) is 10.6 Å². The summed E-state index contributed by atoms with van der Waals surface area (Å²) < 4.78 is 4.80. The lowest BCUT2D eigenvalue weighted by molar-refractivity contribution is -0.142. The Labute approximate surface area is 94.3 Å². The van der Waals surface area contributed by atoms with Crippen molar-refractivity contribution in [3.8, 4) is 0 Å². The summed E-state index contributed by atoms with van der Waals surface area (Å²) in [5.41, 5.74) is 0. The highest BCUT2D eigenvalue weighted by atomic mass is 16.5. The molecule has 0 saturated carbocycles. The minimum Gasteiger partial charge on any atom is -0.480 e. The topological polar surface area (TPSA) is 87.7 Å². The van der Waals surface area contributed by atoms with E-state index in [0.717, 1.165) is 25.8 Å². The number of hydrogen-bond acceptors (Lipinski definition) is 4. The molecule has 1 rings (SSSR count). The Kier molecular flexibility index (Phi) is 5.81. The maximum atomic E-state index is 11.5. The summed E-state index contributed by atoms with van der Waals surface area (Å²) in [5.74, 6) is -1.03. The number of carbonyl (C=O) groups is 2. The molecule has 92 valence electrons. The summed E-state index contributed by atoms with van der Waals surface area (Å²) in [6, 6.07) is -0.103. The molecule has 1 aliphatic heterocycles. The second kappa shape index (κ2) is 7.19. The van der Waals surface area contributed by atoms with Crippen LogP contribution >= 0.6 is 0 Å². The molecule has 1 aliphatic rings. The largest absolute Gasteiger partial charge is 0.480 e. The molecule has 0 radical (unpaired) electrons. The minimum absolute atomic E-state index is 0.0291. The number of aliphatic carboxylic acids is 1. The first-order chi connectivity index (χ1) is 7.70. The smallest absolute Gasteiger partial charge is 0.329 e. The third kappa shape index (κ3) is 5.09. The average molecular weight is 230 g/mol. The van der Waals surface area contributed by atoms with Gasteiger partial charge in [0.05, 0.1) is 12.6 Å². The second-order valence-corrected chi connectivity index (χ2v) is 3.74. The number of amides is 1. The summed E-state index contributed by atoms with van der Waals surface area (Å²) in [6.07, 6.45) is 3.05. The molecule has 1 saturated heterocycles. The number of piperidine rings is 1. The van der Waals surface area contributed by atoms with Crippen molar-refractivity contribution < 1.29 is 19.4 Å². The molecule has 0 aromatic carbocycles. The molecule has 0 spiro atoms. The molecule has 1 fully saturated rings. The van der Waals surface area contributed by atoms with Gasteiger partial charge in [0, 0.05) is 6.54 Å². The van der Waals surface area contributed by atoms with Gasteiger partial charge in [-0.25, -0.2) is 4.79 Å². The summed E-state index contributed by atoms with van der Waals surface area (Å²) in [7, 11) is 0. The van der Waals surface area contributed by atoms with Crippen LogP contribution in [0.25, 0.3) is 0 Å². The molecule has 0 aromatic heterocycles. The third-order valence-electron chi connectivity index (χ3n) is 2.40. The SMILES string of the molecule is O=C(O)COCCNC(=O)[C@H]1CCCCN1. The highest BCUT2D eigenvalue weighted by Gasteiger charge is 2.19. The first-order valence-electron chi connectivity index (χ1n) is 5.51. The molecular weight excluding hydrogens is 212 g/mol. The van der Waals surface area contributed by atoms with Gasteiger partial charge >= 0.3 is 5.97 Å². The molecule has 1 heterocycles. The Bertz CT molecular complexity index is 239. The number of ether oxygens (including phenoxy) is 1. The molecule has 6 heteroatoms. The number of rotatable bonds is 6. The van der Waals surface area contributed by atoms with Crippen molar-refractivity contribution in [1.29, 1.82) is 0 Å². The van der Waals surface area contributed by atoms with Crippen LogP contribution in [0.4, 0.5) is 0 Å². The number of carboxylic acid groups (broad SMARTS) is 1. The van der Waals surface area contributed by atoms with E-state index < -0.39 is 5.97 Å². The van der Waals surface area contributed by atoms with Crippen LogP contribution in [-0.4, -0.2) is 49.3 Å². The van der Waals surface area contributed by atoms with Crippen LogP contribution < -0.4 is 10.6 Å². The summed E-state index contributed by atoms with van der Waals surface area (Å²) in [5, 5.41) is 14.1. The first kappa shape index (κ1) is 12.9. The molecule has 3 N–H and O–H groups in total. The van der Waals surface area contributed by atoms with Gasteiger partial charge in [0.2, 0.25) is 5.91 Å². The number of hydrogen-bond donors (Lipinski definition) is 3. The Morgan fingerprint density at radius 1 is 1.44 bits per heavy atom. The predicted molar refractivity (Wildman–Crippen MR) is 57.1 cm³/mol. The zero-order chi connectivity index (χ0) is 11.8. The van der Waals surface area contributed by atoms with Crippen LogP contribution in [0.1, 0.15) is 19.3 Å². The summed E-state index contributed by atoms with van der Waals surface area (Å²) >= 11 is 0. The fraction of sp³-hybridized carbons (Fsp3) is 0.800. The van der Waals surface area contributed by atoms with Gasteiger partial charge in [-0.05, 0) is 19.4 Å². The summed E-state index contributed by atoms with van der Waals surface area (Å²) in [4.78, 5) is 21.7. The average Bonchev–Trinajstić information content (AvgIpc) is 2.29. The van der Waals surface area contributed by atoms with Crippen LogP contribution in [0, 0.1) is 0 Å². The normalized spacial score (nSPS) is 20.4. The Morgan fingerprint density at radius 3 is 2.88 bits per heavy atom. The van der Waals surface area contributed by atoms with Crippen molar-refractivity contribution in [3.05, 3.63) is 0 Å². The molecule has 1 atom stereocenters. The van der Waals surface area contributed by atoms with Crippen molar-refractivity contribution in [2.75, 3.05) is 26.3 Å². The van der Waals surface area contributed by atoms with Gasteiger partial charge in [-0.1, -0.05) is 6.42 Å². The Balaban J connectivity index is 2.03. The van der Waals surface area contributed by atoms with Crippen molar-refractivity contribution in [1.82, 2.24) is 10.6 Å². The van der Waals surface area contributed by atoms with Crippen LogP contribution in [0.5, 0.6) is 0 Å². The maximum Gasteiger partial charge on any atom is 0.329 e. The summed E-state index contributed by atoms with van der Waals surface area (Å²) in [6.45, 7) is 1.14. The van der Waals surface area contributed by atoms with Gasteiger partial charge in [-0.3, -0.25) is 4.79 Å². The maximum absolute atomic E-state index is 11.5. The van der Waals surface area contributed by atoms with Gasteiger partial charge < -0.3 is 20.5 Å². The molecule has 0 aliphatic carbocycles. The monoisotopic (exact) mass is 230 g/mol. The van der Waals surface area contributed by atoms with Gasteiger partial charge in [-0.2, -0.15) is 0 Å². The van der Waals surface area contributed by atoms with Crippen molar-refractivity contribution in [2.24, 2.45) is 0 Å². The minimum atomic E-state index is -1.000. The van der Waals surface area contributed by atoms with E-state index in [0.29, 0.717) is 6.54 Å². The number of carbonyl (C=O) groups excluding carboxylic acids is 1. The predicted octanol–water partition coefficient (Wildman–Crippen LogP) is -0.654. The zero-order valence-corrected chi connectivity index (χ0v) is 9.20. The van der Waals surface area contributed by atoms with Crippen LogP contribution in [0.3, 0.4) is 0 Å². The fourth-order valence-corrected chi connectivity index (χ4v) is 1.60. The number of carboxylic acids is 1. The molecule has 0 aromatic rings. The van der Waals surface area contributed by atoms with Crippen molar-refractivity contribution in [3.63, 3.8) is 0 Å². The van der Waals surface area contributed by atoms with Gasteiger partial charge in [-0.15, -0.1) is 0 Å². The van der Waals surface area contributed by atoms with E-state index in [1.54, 1.807) is 0 Å². The van der Waals surface area contributed by atoms with Crippen molar-refractivity contribution in [2.45, 2.75) is 25.3 Å². The standard InChI is InChI=1S/C10H18N2O4/c13-9(14)7-16-6-5-12-10(15)8-3-1-2-4-11-8/h8,11H,1-7H2,(H,12,15)(H,13,14)/t8-/m1/s1. The van der Waals surface area contributed by atoms with E-state index in [-0.39, 0.29) is 25.2 Å². The molecule has 6 nitrogen and oxygen atoms in total. The molecule has 0 bridgehead atoms. The van der Waals surface area contributed by atoms with E-state index in [9.17, 15) is 9.59 Å². The lowest BCUT2D eigenvalue weighted by atomic mass is 10.0. The second-order valence-electron chi connectivity index (χ2n) is 3.74. The Morgan fingerprint density at radius 2 is 2.25 bits per heavy atom. The molecule has 0 unspecified atom stereocenters. The van der Waals surface area contributed by atoms with Crippen molar-refractivity contribution >= 4 is 11.9 Å². The molecule has 1 amide bonds. The number of nitrogens with one attached hydrogen (secondary N) is 2. The third-order valence-corrected chi connectivity index (χ3v) is 2.40. The lowest BCUT2D eigenvalue weighted by Gasteiger charge is -2.22.